The van der Waals surface area contributed by atoms with E-state index in [1.54, 1.807) is 12.1 Å². The van der Waals surface area contributed by atoms with Crippen LogP contribution in [0.3, 0.4) is 0 Å². The Bertz CT molecular complexity index is 1270. The van der Waals surface area contributed by atoms with Crippen LogP contribution in [-0.4, -0.2) is 33.2 Å². The molecule has 0 bridgehead atoms. The van der Waals surface area contributed by atoms with Gasteiger partial charge in [-0.25, -0.2) is 9.59 Å². The van der Waals surface area contributed by atoms with E-state index in [0.717, 1.165) is 30.8 Å². The molecule has 4 aromatic carbocycles. The summed E-state index contributed by atoms with van der Waals surface area (Å²) in [4.78, 5) is 22.4. The zero-order valence-corrected chi connectivity index (χ0v) is 20.3. The Morgan fingerprint density at radius 1 is 0.579 bits per heavy atom. The number of halogens is 3. The van der Waals surface area contributed by atoms with Crippen LogP contribution >= 0.6 is 0 Å². The van der Waals surface area contributed by atoms with E-state index in [9.17, 15) is 18.0 Å². The fraction of sp³-hybridized carbons (Fsp3) is 0.133. The Balaban J connectivity index is 0.000000505. The summed E-state index contributed by atoms with van der Waals surface area (Å²) in [6.45, 7) is 2.62. The molecule has 0 unspecified atom stereocenters. The molecule has 4 aromatic rings. The summed E-state index contributed by atoms with van der Waals surface area (Å²) < 4.78 is 31.7. The first-order chi connectivity index (χ1) is 18.1. The van der Waals surface area contributed by atoms with Crippen LogP contribution in [0.1, 0.15) is 27.0 Å². The summed E-state index contributed by atoms with van der Waals surface area (Å²) in [5, 5.41) is 16.2. The van der Waals surface area contributed by atoms with Gasteiger partial charge < -0.3 is 10.2 Å². The second-order valence-electron chi connectivity index (χ2n) is 8.50. The van der Waals surface area contributed by atoms with E-state index < -0.39 is 18.1 Å². The number of carbonyl (C=O) groups is 2. The zero-order chi connectivity index (χ0) is 27.5. The molecule has 2 N–H and O–H groups in total. The number of hydrogen-bond donors (Lipinski definition) is 2. The smallest absolute Gasteiger partial charge is 0.478 e. The fourth-order valence-electron chi connectivity index (χ4n) is 3.72. The van der Waals surface area contributed by atoms with Crippen molar-refractivity contribution in [1.82, 2.24) is 4.90 Å². The van der Waals surface area contributed by atoms with Gasteiger partial charge in [0.1, 0.15) is 0 Å². The lowest BCUT2D eigenvalue weighted by molar-refractivity contribution is -0.192. The number of rotatable bonds is 8. The molecule has 0 saturated heterocycles. The summed E-state index contributed by atoms with van der Waals surface area (Å²) in [5.41, 5.74) is 6.25. The van der Waals surface area contributed by atoms with Crippen LogP contribution in [0, 0.1) is 0 Å². The van der Waals surface area contributed by atoms with Crippen molar-refractivity contribution in [3.63, 3.8) is 0 Å². The first kappa shape index (κ1) is 28.1. The maximum atomic E-state index is 11.1. The Kier molecular flexibility index (Phi) is 9.79. The molecule has 8 heteroatoms. The molecular weight excluding hydrogens is 495 g/mol. The lowest BCUT2D eigenvalue weighted by Crippen LogP contribution is -2.22. The maximum absolute atomic E-state index is 11.1. The minimum Gasteiger partial charge on any atom is -0.478 e. The Morgan fingerprint density at radius 3 is 1.26 bits per heavy atom. The number of carboxylic acid groups (broad SMARTS) is 2. The highest BCUT2D eigenvalue weighted by Crippen LogP contribution is 2.22. The molecule has 0 atom stereocenters. The molecule has 0 radical (unpaired) electrons. The van der Waals surface area contributed by atoms with E-state index in [-0.39, 0.29) is 0 Å². The Hall–Kier alpha value is -4.43. The van der Waals surface area contributed by atoms with Crippen molar-refractivity contribution >= 4 is 11.9 Å². The molecule has 0 aromatic heterocycles. The summed E-state index contributed by atoms with van der Waals surface area (Å²) in [6, 6.07) is 36.6. The average molecular weight is 522 g/mol. The minimum atomic E-state index is -5.08. The minimum absolute atomic E-state index is 0.304. The predicted octanol–water partition coefficient (Wildman–Crippen LogP) is 6.89. The van der Waals surface area contributed by atoms with Crippen LogP contribution in [0.4, 0.5) is 13.2 Å². The quantitative estimate of drug-likeness (QED) is 0.264. The molecule has 0 spiro atoms. The third-order valence-electron chi connectivity index (χ3n) is 5.57. The highest BCUT2D eigenvalue weighted by atomic mass is 19.4. The van der Waals surface area contributed by atoms with Gasteiger partial charge >= 0.3 is 18.1 Å². The van der Waals surface area contributed by atoms with Crippen LogP contribution in [0.2, 0.25) is 0 Å². The van der Waals surface area contributed by atoms with Gasteiger partial charge in [0.15, 0.2) is 0 Å². The van der Waals surface area contributed by atoms with E-state index in [4.69, 9.17) is 15.0 Å². The molecule has 0 saturated carbocycles. The molecule has 0 aliphatic heterocycles. The van der Waals surface area contributed by atoms with Crippen molar-refractivity contribution in [3.8, 4) is 11.1 Å². The summed E-state index contributed by atoms with van der Waals surface area (Å²) in [7, 11) is 0. The lowest BCUT2D eigenvalue weighted by atomic mass is 10.0. The highest BCUT2D eigenvalue weighted by Gasteiger charge is 2.38. The number of alkyl halides is 3. The van der Waals surface area contributed by atoms with Crippen LogP contribution in [0.15, 0.2) is 109 Å². The van der Waals surface area contributed by atoms with Gasteiger partial charge in [-0.2, -0.15) is 13.2 Å². The first-order valence-electron chi connectivity index (χ1n) is 11.6. The van der Waals surface area contributed by atoms with Gasteiger partial charge in [0.05, 0.1) is 5.56 Å². The summed E-state index contributed by atoms with van der Waals surface area (Å²) >= 11 is 0. The van der Waals surface area contributed by atoms with Gasteiger partial charge in [-0.15, -0.1) is 0 Å². The third-order valence-corrected chi connectivity index (χ3v) is 5.57. The van der Waals surface area contributed by atoms with Gasteiger partial charge in [0.25, 0.3) is 0 Å². The molecule has 0 heterocycles. The average Bonchev–Trinajstić information content (AvgIpc) is 2.90. The number of benzene rings is 4. The second-order valence-corrected chi connectivity index (χ2v) is 8.50. The Labute approximate surface area is 218 Å². The third kappa shape index (κ3) is 8.90. The largest absolute Gasteiger partial charge is 0.490 e. The number of aliphatic carboxylic acids is 1. The molecule has 0 aliphatic rings. The van der Waals surface area contributed by atoms with E-state index in [2.05, 4.69) is 77.7 Å². The van der Waals surface area contributed by atoms with E-state index in [1.165, 1.54) is 16.7 Å². The van der Waals surface area contributed by atoms with Crippen molar-refractivity contribution in [2.45, 2.75) is 25.8 Å². The normalized spacial score (nSPS) is 10.9. The number of aromatic carboxylic acids is 1. The monoisotopic (exact) mass is 521 g/mol. The van der Waals surface area contributed by atoms with Crippen molar-refractivity contribution in [2.24, 2.45) is 0 Å². The lowest BCUT2D eigenvalue weighted by Gasteiger charge is -2.23. The summed E-state index contributed by atoms with van der Waals surface area (Å²) in [5.74, 6) is -3.66. The van der Waals surface area contributed by atoms with Gasteiger partial charge in [0, 0.05) is 19.6 Å². The number of hydrogen-bond acceptors (Lipinski definition) is 3. The van der Waals surface area contributed by atoms with Crippen molar-refractivity contribution in [3.05, 3.63) is 131 Å². The van der Waals surface area contributed by atoms with E-state index in [0.29, 0.717) is 5.56 Å². The van der Waals surface area contributed by atoms with Crippen LogP contribution in [0.5, 0.6) is 0 Å². The Morgan fingerprint density at radius 2 is 0.921 bits per heavy atom. The van der Waals surface area contributed by atoms with Crippen molar-refractivity contribution in [2.75, 3.05) is 0 Å². The number of nitrogens with zero attached hydrogens (tertiary/aromatic N) is 1. The molecule has 5 nitrogen and oxygen atoms in total. The predicted molar refractivity (Wildman–Crippen MR) is 138 cm³/mol. The highest BCUT2D eigenvalue weighted by molar-refractivity contribution is 5.88. The van der Waals surface area contributed by atoms with Crippen molar-refractivity contribution < 1.29 is 33.0 Å². The molecule has 4 rings (SSSR count). The fourth-order valence-corrected chi connectivity index (χ4v) is 3.72. The topological polar surface area (TPSA) is 77.8 Å². The second kappa shape index (κ2) is 13.2. The molecule has 38 heavy (non-hydrogen) atoms. The van der Waals surface area contributed by atoms with Gasteiger partial charge in [-0.3, -0.25) is 4.90 Å². The molecular formula is C30H26F3NO4. The van der Waals surface area contributed by atoms with Gasteiger partial charge in [-0.1, -0.05) is 97.1 Å². The summed E-state index contributed by atoms with van der Waals surface area (Å²) in [6.07, 6.45) is -5.08. The SMILES string of the molecule is O=C(O)C(F)(F)F.O=C(O)c1ccc(-c2ccc(CN(Cc3ccccc3)Cc3ccccc3)cc2)cc1. The first-order valence-corrected chi connectivity index (χ1v) is 11.6. The molecule has 0 aliphatic carbocycles. The maximum Gasteiger partial charge on any atom is 0.490 e. The van der Waals surface area contributed by atoms with Crippen LogP contribution in [-0.2, 0) is 24.4 Å². The standard InChI is InChI=1S/C28H25NO2.C2HF3O2/c30-28(31)27-17-15-26(16-18-27)25-13-11-24(12-14-25)21-29(19-22-7-3-1-4-8-22)20-23-9-5-2-6-10-23;3-2(4,5)1(6)7/h1-18H,19-21H2,(H,30,31);(H,6,7). The van der Waals surface area contributed by atoms with Crippen LogP contribution < -0.4 is 0 Å². The molecule has 196 valence electrons. The zero-order valence-electron chi connectivity index (χ0n) is 20.3. The van der Waals surface area contributed by atoms with Crippen LogP contribution in [0.25, 0.3) is 11.1 Å². The van der Waals surface area contributed by atoms with Gasteiger partial charge in [0.2, 0.25) is 0 Å². The molecule has 0 amide bonds. The molecule has 0 fully saturated rings. The van der Waals surface area contributed by atoms with E-state index in [1.807, 2.05) is 24.3 Å². The number of carboxylic acids is 2. The van der Waals surface area contributed by atoms with Gasteiger partial charge in [-0.05, 0) is 39.9 Å². The van der Waals surface area contributed by atoms with Crippen molar-refractivity contribution in [1.29, 1.82) is 0 Å². The van der Waals surface area contributed by atoms with E-state index >= 15 is 0 Å².